The zero-order valence-electron chi connectivity index (χ0n) is 19.0. The van der Waals surface area contributed by atoms with E-state index in [9.17, 15) is 9.59 Å². The molecule has 5 rings (SSSR count). The largest absolute Gasteiger partial charge is 0.441 e. The van der Waals surface area contributed by atoms with Gasteiger partial charge in [0.1, 0.15) is 6.61 Å². The molecule has 2 aliphatic rings. The Labute approximate surface area is 199 Å². The van der Waals surface area contributed by atoms with E-state index in [1.807, 2.05) is 54.6 Å². The molecule has 0 aromatic heterocycles. The first kappa shape index (κ1) is 22.2. The number of nitrogens with one attached hydrogen (secondary N) is 1. The van der Waals surface area contributed by atoms with Gasteiger partial charge in [-0.1, -0.05) is 78.9 Å². The Hall–Kier alpha value is -3.64. The highest BCUT2D eigenvalue weighted by atomic mass is 17.2. The van der Waals surface area contributed by atoms with Crippen LogP contribution in [0.1, 0.15) is 35.4 Å². The van der Waals surface area contributed by atoms with Crippen LogP contribution in [0.2, 0.25) is 0 Å². The van der Waals surface area contributed by atoms with Gasteiger partial charge in [0.15, 0.2) is 0 Å². The molecule has 0 radical (unpaired) electrons. The molecule has 1 aliphatic carbocycles. The van der Waals surface area contributed by atoms with Crippen molar-refractivity contribution in [3.05, 3.63) is 95.6 Å². The number of nitrogens with zero attached hydrogens (tertiary/aromatic N) is 1. The molecule has 2 amide bonds. The van der Waals surface area contributed by atoms with Crippen molar-refractivity contribution in [3.63, 3.8) is 0 Å². The number of hydrogen-bond acceptors (Lipinski definition) is 4. The van der Waals surface area contributed by atoms with Gasteiger partial charge < -0.3 is 10.2 Å². The number of rotatable bonds is 6. The number of piperidine rings is 1. The predicted molar refractivity (Wildman–Crippen MR) is 129 cm³/mol. The second-order valence-corrected chi connectivity index (χ2v) is 8.88. The van der Waals surface area contributed by atoms with Crippen LogP contribution in [-0.4, -0.2) is 42.6 Å². The van der Waals surface area contributed by atoms with E-state index in [-0.39, 0.29) is 24.5 Å². The van der Waals surface area contributed by atoms with Gasteiger partial charge in [0.25, 0.3) is 0 Å². The van der Waals surface area contributed by atoms with E-state index in [1.165, 1.54) is 22.3 Å². The maximum Gasteiger partial charge on any atom is 0.441 e. The number of amides is 2. The Kier molecular flexibility index (Phi) is 6.58. The maximum absolute atomic E-state index is 12.7. The van der Waals surface area contributed by atoms with Crippen molar-refractivity contribution in [2.45, 2.75) is 31.2 Å². The molecule has 1 heterocycles. The quantitative estimate of drug-likeness (QED) is 0.432. The van der Waals surface area contributed by atoms with Crippen molar-refractivity contribution in [2.24, 2.45) is 0 Å². The third kappa shape index (κ3) is 4.82. The summed E-state index contributed by atoms with van der Waals surface area (Å²) in [4.78, 5) is 37.3. The number of benzene rings is 3. The molecule has 3 aromatic rings. The van der Waals surface area contributed by atoms with Crippen molar-refractivity contribution >= 4 is 12.0 Å². The fourth-order valence-electron chi connectivity index (χ4n) is 4.97. The molecule has 1 aliphatic heterocycles. The van der Waals surface area contributed by atoms with Crippen molar-refractivity contribution in [1.82, 2.24) is 10.2 Å². The Balaban J connectivity index is 1.13. The van der Waals surface area contributed by atoms with Crippen LogP contribution in [0.15, 0.2) is 78.9 Å². The van der Waals surface area contributed by atoms with Crippen LogP contribution in [0.3, 0.4) is 0 Å². The highest BCUT2D eigenvalue weighted by Crippen LogP contribution is 2.44. The number of carbonyl (C=O) groups excluding carboxylic acids is 2. The Bertz CT molecular complexity index is 1120. The van der Waals surface area contributed by atoms with Gasteiger partial charge in [0.05, 0.1) is 6.42 Å². The number of likely N-dealkylation sites (tertiary alicyclic amines) is 1. The number of hydrogen-bond donors (Lipinski definition) is 1. The van der Waals surface area contributed by atoms with E-state index in [4.69, 9.17) is 9.78 Å². The first-order valence-corrected chi connectivity index (χ1v) is 11.8. The van der Waals surface area contributed by atoms with E-state index >= 15 is 0 Å². The minimum Gasteiger partial charge on any atom is -0.351 e. The second kappa shape index (κ2) is 10.1. The van der Waals surface area contributed by atoms with Gasteiger partial charge in [-0.25, -0.2) is 4.79 Å². The summed E-state index contributed by atoms with van der Waals surface area (Å²) in [6.45, 7) is 1.25. The summed E-state index contributed by atoms with van der Waals surface area (Å²) < 4.78 is 0. The van der Waals surface area contributed by atoms with Crippen LogP contribution in [0.5, 0.6) is 0 Å². The summed E-state index contributed by atoms with van der Waals surface area (Å²) in [5, 5.41) is 3.05. The standard InChI is InChI=1S/C28H28N2O4/c31-27(17-20-9-2-1-3-10-20)29-21-11-8-16-30(18-21)28(32)34-33-19-26-24-14-6-4-12-22(24)23-13-5-7-15-25(23)26/h1-7,9-10,12-15,21,26H,8,11,16-19H2,(H,29,31). The zero-order chi connectivity index (χ0) is 23.3. The molecule has 34 heavy (non-hydrogen) atoms. The molecule has 6 nitrogen and oxygen atoms in total. The van der Waals surface area contributed by atoms with Crippen LogP contribution in [0.4, 0.5) is 4.79 Å². The second-order valence-electron chi connectivity index (χ2n) is 8.88. The van der Waals surface area contributed by atoms with Crippen molar-refractivity contribution in [3.8, 4) is 11.1 Å². The average molecular weight is 457 g/mol. The van der Waals surface area contributed by atoms with E-state index in [0.717, 1.165) is 18.4 Å². The topological polar surface area (TPSA) is 67.9 Å². The van der Waals surface area contributed by atoms with Crippen LogP contribution < -0.4 is 5.32 Å². The Morgan fingerprint density at radius 1 is 0.882 bits per heavy atom. The maximum atomic E-state index is 12.7. The van der Waals surface area contributed by atoms with Crippen molar-refractivity contribution in [1.29, 1.82) is 0 Å². The molecule has 1 fully saturated rings. The molecular weight excluding hydrogens is 428 g/mol. The number of fused-ring (bicyclic) bond motifs is 3. The van der Waals surface area contributed by atoms with Gasteiger partial charge in [0.2, 0.25) is 5.91 Å². The van der Waals surface area contributed by atoms with Gasteiger partial charge >= 0.3 is 6.09 Å². The Morgan fingerprint density at radius 3 is 2.24 bits per heavy atom. The van der Waals surface area contributed by atoms with Gasteiger partial charge in [0, 0.05) is 25.0 Å². The van der Waals surface area contributed by atoms with Crippen LogP contribution in [0.25, 0.3) is 11.1 Å². The Morgan fingerprint density at radius 2 is 1.53 bits per heavy atom. The summed E-state index contributed by atoms with van der Waals surface area (Å²) in [7, 11) is 0. The summed E-state index contributed by atoms with van der Waals surface area (Å²) in [5.74, 6) is -0.0205. The summed E-state index contributed by atoms with van der Waals surface area (Å²) in [6, 6.07) is 26.1. The minimum atomic E-state index is -0.512. The normalized spacial score (nSPS) is 17.1. The van der Waals surface area contributed by atoms with Crippen molar-refractivity contribution in [2.75, 3.05) is 19.7 Å². The lowest BCUT2D eigenvalue weighted by atomic mass is 9.98. The van der Waals surface area contributed by atoms with Gasteiger partial charge in [-0.2, -0.15) is 4.89 Å². The van der Waals surface area contributed by atoms with Crippen LogP contribution in [0, 0.1) is 0 Å². The van der Waals surface area contributed by atoms with Crippen molar-refractivity contribution < 1.29 is 19.4 Å². The fraction of sp³-hybridized carbons (Fsp3) is 0.286. The first-order valence-electron chi connectivity index (χ1n) is 11.8. The lowest BCUT2D eigenvalue weighted by molar-refractivity contribution is -0.247. The van der Waals surface area contributed by atoms with E-state index in [1.54, 1.807) is 4.90 Å². The SMILES string of the molecule is O=C(Cc1ccccc1)NC1CCCN(C(=O)OOCC2c3ccccc3-c3ccccc32)C1. The molecule has 0 bridgehead atoms. The van der Waals surface area contributed by atoms with E-state index < -0.39 is 6.09 Å². The molecule has 0 spiro atoms. The molecule has 3 aromatic carbocycles. The van der Waals surface area contributed by atoms with Crippen LogP contribution >= 0.6 is 0 Å². The van der Waals surface area contributed by atoms with Gasteiger partial charge in [-0.05, 0) is 40.7 Å². The van der Waals surface area contributed by atoms with E-state index in [2.05, 4.69) is 29.6 Å². The van der Waals surface area contributed by atoms with Gasteiger partial charge in [-0.15, -0.1) is 0 Å². The first-order chi connectivity index (χ1) is 16.7. The highest BCUT2D eigenvalue weighted by molar-refractivity contribution is 5.79. The third-order valence-corrected chi connectivity index (χ3v) is 6.58. The third-order valence-electron chi connectivity index (χ3n) is 6.58. The molecule has 0 saturated carbocycles. The molecule has 1 unspecified atom stereocenters. The minimum absolute atomic E-state index is 0.0200. The smallest absolute Gasteiger partial charge is 0.351 e. The number of carbonyl (C=O) groups is 2. The highest BCUT2D eigenvalue weighted by Gasteiger charge is 2.30. The summed E-state index contributed by atoms with van der Waals surface area (Å²) in [6.07, 6.45) is 1.45. The lowest BCUT2D eigenvalue weighted by Crippen LogP contribution is -2.50. The average Bonchev–Trinajstić information content (AvgIpc) is 3.18. The van der Waals surface area contributed by atoms with Crippen LogP contribution in [-0.2, 0) is 21.0 Å². The molecule has 1 saturated heterocycles. The predicted octanol–water partition coefficient (Wildman–Crippen LogP) is 4.69. The summed E-state index contributed by atoms with van der Waals surface area (Å²) in [5.41, 5.74) is 5.72. The lowest BCUT2D eigenvalue weighted by Gasteiger charge is -2.32. The molecule has 6 heteroatoms. The van der Waals surface area contributed by atoms with Gasteiger partial charge in [-0.3, -0.25) is 9.68 Å². The molecule has 174 valence electrons. The monoisotopic (exact) mass is 456 g/mol. The summed E-state index contributed by atoms with van der Waals surface area (Å²) >= 11 is 0. The molecule has 1 atom stereocenters. The molecular formula is C28H28N2O4. The zero-order valence-corrected chi connectivity index (χ0v) is 19.0. The van der Waals surface area contributed by atoms with E-state index in [0.29, 0.717) is 19.5 Å². The fourth-order valence-corrected chi connectivity index (χ4v) is 4.97. The molecule has 1 N–H and O–H groups in total.